The Kier molecular flexibility index (Phi) is 7.11. The molecule has 28 heavy (non-hydrogen) atoms. The van der Waals surface area contributed by atoms with Crippen LogP contribution < -0.4 is 5.32 Å². The quantitative estimate of drug-likeness (QED) is 0.494. The van der Waals surface area contributed by atoms with Crippen LogP contribution in [-0.2, 0) is 14.3 Å². The van der Waals surface area contributed by atoms with Crippen molar-refractivity contribution in [3.8, 4) is 0 Å². The van der Waals surface area contributed by atoms with Gasteiger partial charge in [-0.1, -0.05) is 22.0 Å². The van der Waals surface area contributed by atoms with E-state index in [1.54, 1.807) is 38.1 Å². The van der Waals surface area contributed by atoms with Gasteiger partial charge in [-0.05, 0) is 37.6 Å². The number of benzene rings is 1. The molecule has 0 bridgehead atoms. The van der Waals surface area contributed by atoms with Gasteiger partial charge in [0, 0.05) is 15.7 Å². The van der Waals surface area contributed by atoms with Crippen LogP contribution in [0.3, 0.4) is 0 Å². The first kappa shape index (κ1) is 21.4. The molecule has 148 valence electrons. The van der Waals surface area contributed by atoms with Crippen LogP contribution in [0.25, 0.3) is 0 Å². The SMILES string of the molecule is COC(=O)c1c(C)[nH]c(C(=O)COC(=O)CNC(=O)c2cccc(Br)c2)c1C. The van der Waals surface area contributed by atoms with E-state index >= 15 is 0 Å². The van der Waals surface area contributed by atoms with Gasteiger partial charge in [0.2, 0.25) is 5.78 Å². The average molecular weight is 451 g/mol. The topological polar surface area (TPSA) is 115 Å². The monoisotopic (exact) mass is 450 g/mol. The van der Waals surface area contributed by atoms with Gasteiger partial charge >= 0.3 is 11.9 Å². The fourth-order valence-electron chi connectivity index (χ4n) is 2.59. The van der Waals surface area contributed by atoms with E-state index in [0.29, 0.717) is 16.8 Å². The number of hydrogen-bond donors (Lipinski definition) is 2. The van der Waals surface area contributed by atoms with E-state index in [1.165, 1.54) is 7.11 Å². The van der Waals surface area contributed by atoms with Crippen molar-refractivity contribution in [2.75, 3.05) is 20.3 Å². The molecule has 1 aromatic carbocycles. The number of carbonyl (C=O) groups excluding carboxylic acids is 4. The van der Waals surface area contributed by atoms with Gasteiger partial charge in [0.15, 0.2) is 6.61 Å². The minimum Gasteiger partial charge on any atom is -0.465 e. The Labute approximate surface area is 169 Å². The smallest absolute Gasteiger partial charge is 0.339 e. The number of ether oxygens (including phenoxy) is 2. The lowest BCUT2D eigenvalue weighted by molar-refractivity contribution is -0.141. The second-order valence-corrected chi connectivity index (χ2v) is 6.81. The Morgan fingerprint density at radius 1 is 1.18 bits per heavy atom. The maximum Gasteiger partial charge on any atom is 0.339 e. The van der Waals surface area contributed by atoms with Crippen molar-refractivity contribution in [3.63, 3.8) is 0 Å². The number of aryl methyl sites for hydroxylation is 1. The number of rotatable bonds is 7. The summed E-state index contributed by atoms with van der Waals surface area (Å²) in [6, 6.07) is 6.68. The predicted molar refractivity (Wildman–Crippen MR) is 103 cm³/mol. The highest BCUT2D eigenvalue weighted by Gasteiger charge is 2.23. The van der Waals surface area contributed by atoms with E-state index in [0.717, 1.165) is 4.47 Å². The summed E-state index contributed by atoms with van der Waals surface area (Å²) in [4.78, 5) is 50.7. The van der Waals surface area contributed by atoms with Gasteiger partial charge in [0.1, 0.15) is 6.54 Å². The van der Waals surface area contributed by atoms with Crippen molar-refractivity contribution in [2.24, 2.45) is 0 Å². The lowest BCUT2D eigenvalue weighted by atomic mass is 10.1. The number of nitrogens with one attached hydrogen (secondary N) is 2. The first-order chi connectivity index (χ1) is 13.2. The Morgan fingerprint density at radius 3 is 2.54 bits per heavy atom. The van der Waals surface area contributed by atoms with Crippen molar-refractivity contribution < 1.29 is 28.7 Å². The molecule has 8 nitrogen and oxygen atoms in total. The fourth-order valence-corrected chi connectivity index (χ4v) is 2.99. The molecule has 0 aliphatic heterocycles. The van der Waals surface area contributed by atoms with Gasteiger partial charge in [-0.3, -0.25) is 14.4 Å². The van der Waals surface area contributed by atoms with Crippen molar-refractivity contribution in [3.05, 3.63) is 56.8 Å². The molecule has 0 aliphatic carbocycles. The van der Waals surface area contributed by atoms with Gasteiger partial charge in [-0.15, -0.1) is 0 Å². The summed E-state index contributed by atoms with van der Waals surface area (Å²) < 4.78 is 10.3. The number of carbonyl (C=O) groups is 4. The van der Waals surface area contributed by atoms with Crippen LogP contribution in [0.4, 0.5) is 0 Å². The zero-order valence-electron chi connectivity index (χ0n) is 15.6. The Balaban J connectivity index is 1.90. The number of H-pyrrole nitrogens is 1. The Morgan fingerprint density at radius 2 is 1.89 bits per heavy atom. The zero-order chi connectivity index (χ0) is 20.8. The second kappa shape index (κ2) is 9.32. The molecule has 2 rings (SSSR count). The molecule has 0 unspecified atom stereocenters. The van der Waals surface area contributed by atoms with Crippen LogP contribution in [0.15, 0.2) is 28.7 Å². The molecule has 2 N–H and O–H groups in total. The molecule has 0 saturated carbocycles. The highest BCUT2D eigenvalue weighted by molar-refractivity contribution is 9.10. The summed E-state index contributed by atoms with van der Waals surface area (Å²) >= 11 is 3.26. The Bertz CT molecular complexity index is 935. The fraction of sp³-hybridized carbons (Fsp3) is 0.263. The number of halogens is 1. The molecule has 1 heterocycles. The van der Waals surface area contributed by atoms with E-state index in [1.807, 2.05) is 0 Å². The van der Waals surface area contributed by atoms with Gasteiger partial charge in [-0.25, -0.2) is 4.79 Å². The van der Waals surface area contributed by atoms with Crippen LogP contribution in [0.2, 0.25) is 0 Å². The van der Waals surface area contributed by atoms with E-state index in [9.17, 15) is 19.2 Å². The van der Waals surface area contributed by atoms with Gasteiger partial charge < -0.3 is 19.8 Å². The number of amides is 1. The van der Waals surface area contributed by atoms with Crippen LogP contribution in [-0.4, -0.2) is 48.9 Å². The van der Waals surface area contributed by atoms with Crippen LogP contribution >= 0.6 is 15.9 Å². The number of Topliss-reactive ketones (excluding diaryl/α,β-unsaturated/α-hetero) is 1. The number of hydrogen-bond acceptors (Lipinski definition) is 6. The van der Waals surface area contributed by atoms with E-state index < -0.39 is 30.2 Å². The number of ketones is 1. The largest absolute Gasteiger partial charge is 0.465 e. The maximum absolute atomic E-state index is 12.3. The second-order valence-electron chi connectivity index (χ2n) is 5.89. The standard InChI is InChI=1S/C19H19BrN2O6/c1-10-16(19(26)27-3)11(2)22-17(10)14(23)9-28-15(24)8-21-18(25)12-5-4-6-13(20)7-12/h4-7,22H,8-9H2,1-3H3,(H,21,25). The first-order valence-corrected chi connectivity index (χ1v) is 9.04. The number of aromatic nitrogens is 1. The van der Waals surface area contributed by atoms with E-state index in [4.69, 9.17) is 4.74 Å². The molecule has 0 radical (unpaired) electrons. The van der Waals surface area contributed by atoms with Crippen LogP contribution in [0, 0.1) is 13.8 Å². The third kappa shape index (κ3) is 5.07. The molecule has 0 saturated heterocycles. The molecule has 0 atom stereocenters. The Hall–Kier alpha value is -2.94. The van der Waals surface area contributed by atoms with E-state index in [2.05, 4.69) is 31.0 Å². The maximum atomic E-state index is 12.3. The lowest BCUT2D eigenvalue weighted by Gasteiger charge is -2.07. The van der Waals surface area contributed by atoms with Crippen LogP contribution in [0.5, 0.6) is 0 Å². The van der Waals surface area contributed by atoms with Gasteiger partial charge in [-0.2, -0.15) is 0 Å². The van der Waals surface area contributed by atoms with Crippen molar-refractivity contribution in [2.45, 2.75) is 13.8 Å². The van der Waals surface area contributed by atoms with Crippen molar-refractivity contribution in [1.29, 1.82) is 0 Å². The van der Waals surface area contributed by atoms with E-state index in [-0.39, 0.29) is 17.8 Å². The third-order valence-corrected chi connectivity index (χ3v) is 4.44. The van der Waals surface area contributed by atoms with Gasteiger partial charge in [0.25, 0.3) is 5.91 Å². The summed E-state index contributed by atoms with van der Waals surface area (Å²) in [5.41, 5.74) is 1.74. The highest BCUT2D eigenvalue weighted by Crippen LogP contribution is 2.19. The molecule has 0 spiro atoms. The summed E-state index contributed by atoms with van der Waals surface area (Å²) in [5, 5.41) is 2.42. The molecular weight excluding hydrogens is 432 g/mol. The minimum absolute atomic E-state index is 0.170. The average Bonchev–Trinajstić information content (AvgIpc) is 2.97. The molecule has 0 fully saturated rings. The summed E-state index contributed by atoms with van der Waals surface area (Å²) in [6.45, 7) is 2.34. The molecular formula is C19H19BrN2O6. The molecule has 1 aromatic heterocycles. The lowest BCUT2D eigenvalue weighted by Crippen LogP contribution is -2.31. The predicted octanol–water partition coefficient (Wildman–Crippen LogP) is 2.34. The third-order valence-electron chi connectivity index (χ3n) is 3.95. The summed E-state index contributed by atoms with van der Waals surface area (Å²) in [7, 11) is 1.25. The highest BCUT2D eigenvalue weighted by atomic mass is 79.9. The summed E-state index contributed by atoms with van der Waals surface area (Å²) in [5.74, 6) is -2.26. The molecule has 1 amide bonds. The number of methoxy groups -OCH3 is 1. The molecule has 2 aromatic rings. The summed E-state index contributed by atoms with van der Waals surface area (Å²) in [6.07, 6.45) is 0. The number of aromatic amines is 1. The molecule has 9 heteroatoms. The minimum atomic E-state index is -0.759. The number of esters is 2. The van der Waals surface area contributed by atoms with Crippen molar-refractivity contribution >= 4 is 39.6 Å². The molecule has 0 aliphatic rings. The first-order valence-electron chi connectivity index (χ1n) is 8.24. The van der Waals surface area contributed by atoms with Crippen LogP contribution in [0.1, 0.15) is 42.5 Å². The zero-order valence-corrected chi connectivity index (χ0v) is 17.1. The normalized spacial score (nSPS) is 10.3. The van der Waals surface area contributed by atoms with Crippen molar-refractivity contribution in [1.82, 2.24) is 10.3 Å². The van der Waals surface area contributed by atoms with Gasteiger partial charge in [0.05, 0.1) is 18.4 Å².